The van der Waals surface area contributed by atoms with E-state index in [-0.39, 0.29) is 35.8 Å². The van der Waals surface area contributed by atoms with Crippen LogP contribution in [0.1, 0.15) is 77.1 Å². The minimum absolute atomic E-state index is 0.00103. The van der Waals surface area contributed by atoms with Crippen molar-refractivity contribution in [3.63, 3.8) is 0 Å². The third-order valence-corrected chi connectivity index (χ3v) is 7.73. The molecule has 5 rings (SSSR count). The average molecular weight is 502 g/mol. The zero-order valence-electron chi connectivity index (χ0n) is 21.9. The van der Waals surface area contributed by atoms with Crippen LogP contribution in [0.4, 0.5) is 4.79 Å². The first-order chi connectivity index (χ1) is 16.9. The second-order valence-corrected chi connectivity index (χ2v) is 11.4. The number of amides is 3. The van der Waals surface area contributed by atoms with E-state index in [4.69, 9.17) is 15.2 Å². The number of carbonyl (C=O) groups is 3. The predicted molar refractivity (Wildman–Crippen MR) is 134 cm³/mol. The first kappa shape index (κ1) is 26.0. The maximum absolute atomic E-state index is 13.5. The molecule has 0 aromatic carbocycles. The molecule has 1 aromatic rings. The number of hydrogen-bond acceptors (Lipinski definition) is 6. The van der Waals surface area contributed by atoms with Gasteiger partial charge in [0.25, 0.3) is 5.91 Å². The Morgan fingerprint density at radius 1 is 1.25 bits per heavy atom. The molecule has 10 nitrogen and oxygen atoms in total. The van der Waals surface area contributed by atoms with Crippen LogP contribution < -0.4 is 21.1 Å². The van der Waals surface area contributed by atoms with Crippen LogP contribution in [0.3, 0.4) is 0 Å². The third kappa shape index (κ3) is 5.22. The minimum atomic E-state index is -0.761. The van der Waals surface area contributed by atoms with E-state index < -0.39 is 17.1 Å². The van der Waals surface area contributed by atoms with Crippen LogP contribution in [-0.2, 0) is 9.53 Å². The van der Waals surface area contributed by atoms with Gasteiger partial charge < -0.3 is 25.8 Å². The highest BCUT2D eigenvalue weighted by atomic mass is 16.6. The number of nitrogens with zero attached hydrogens (tertiary/aromatic N) is 2. The van der Waals surface area contributed by atoms with Crippen LogP contribution in [0.2, 0.25) is 0 Å². The van der Waals surface area contributed by atoms with Crippen molar-refractivity contribution < 1.29 is 23.9 Å². The molecule has 0 spiro atoms. The summed E-state index contributed by atoms with van der Waals surface area (Å²) in [6.45, 7) is 9.82. The molecule has 3 amide bonds. The molecule has 0 saturated heterocycles. The van der Waals surface area contributed by atoms with Crippen molar-refractivity contribution in [2.75, 3.05) is 6.54 Å². The third-order valence-electron chi connectivity index (χ3n) is 7.73. The Labute approximate surface area is 212 Å². The molecule has 0 aliphatic heterocycles. The van der Waals surface area contributed by atoms with Crippen molar-refractivity contribution >= 4 is 24.1 Å². The van der Waals surface area contributed by atoms with E-state index in [0.29, 0.717) is 23.9 Å². The molecule has 2 atom stereocenters. The Balaban J connectivity index is 1.52. The maximum Gasteiger partial charge on any atom is 0.405 e. The Kier molecular flexibility index (Phi) is 7.07. The SMILES string of the molecule is CCNC(=O)C(C)(C)/C=C/n1ncc(C(=O)NC2C3CC4CC2CC(OC(N)=O)(C4)C3)c1OC(C)C. The van der Waals surface area contributed by atoms with E-state index in [9.17, 15) is 14.4 Å². The number of hydrogen-bond donors (Lipinski definition) is 3. The summed E-state index contributed by atoms with van der Waals surface area (Å²) in [5.41, 5.74) is 4.47. The fourth-order valence-corrected chi connectivity index (χ4v) is 6.43. The lowest BCUT2D eigenvalue weighted by Crippen LogP contribution is -2.63. The summed E-state index contributed by atoms with van der Waals surface area (Å²) >= 11 is 0. The molecule has 4 aliphatic rings. The van der Waals surface area contributed by atoms with Gasteiger partial charge in [-0.25, -0.2) is 9.48 Å². The number of aromatic nitrogens is 2. The summed E-state index contributed by atoms with van der Waals surface area (Å²) in [6, 6.07) is 0.00103. The molecule has 4 saturated carbocycles. The van der Waals surface area contributed by atoms with Gasteiger partial charge in [0, 0.05) is 18.8 Å². The molecule has 4 bridgehead atoms. The maximum atomic E-state index is 13.5. The predicted octanol–water partition coefficient (Wildman–Crippen LogP) is 3.08. The van der Waals surface area contributed by atoms with Crippen molar-refractivity contribution in [1.29, 1.82) is 0 Å². The zero-order chi connectivity index (χ0) is 26.3. The van der Waals surface area contributed by atoms with Crippen LogP contribution in [0.5, 0.6) is 5.88 Å². The second-order valence-electron chi connectivity index (χ2n) is 11.4. The highest BCUT2D eigenvalue weighted by Gasteiger charge is 2.57. The zero-order valence-corrected chi connectivity index (χ0v) is 21.9. The lowest BCUT2D eigenvalue weighted by molar-refractivity contribution is -0.137. The van der Waals surface area contributed by atoms with Crippen molar-refractivity contribution in [2.45, 2.75) is 84.5 Å². The van der Waals surface area contributed by atoms with Crippen LogP contribution in [0, 0.1) is 23.2 Å². The number of primary amides is 1. The summed E-state index contributed by atoms with van der Waals surface area (Å²) < 4.78 is 13.1. The van der Waals surface area contributed by atoms with Gasteiger partial charge in [-0.05, 0) is 84.5 Å². The van der Waals surface area contributed by atoms with Crippen molar-refractivity contribution in [2.24, 2.45) is 28.9 Å². The Hall–Kier alpha value is -3.04. The van der Waals surface area contributed by atoms with E-state index in [1.165, 1.54) is 10.9 Å². The van der Waals surface area contributed by atoms with Crippen LogP contribution in [0.15, 0.2) is 12.3 Å². The Bertz CT molecular complexity index is 1030. The molecule has 0 radical (unpaired) electrons. The van der Waals surface area contributed by atoms with Crippen molar-refractivity contribution in [3.8, 4) is 5.88 Å². The first-order valence-electron chi connectivity index (χ1n) is 12.9. The highest BCUT2D eigenvalue weighted by Crippen LogP contribution is 2.57. The molecule has 4 N–H and O–H groups in total. The van der Waals surface area contributed by atoms with Gasteiger partial charge in [-0.3, -0.25) is 9.59 Å². The van der Waals surface area contributed by atoms with Gasteiger partial charge in [0.1, 0.15) is 11.2 Å². The lowest BCUT2D eigenvalue weighted by Gasteiger charge is -2.58. The van der Waals surface area contributed by atoms with Crippen molar-refractivity contribution in [3.05, 3.63) is 17.8 Å². The monoisotopic (exact) mass is 501 g/mol. The normalized spacial score (nSPS) is 28.9. The highest BCUT2D eigenvalue weighted by molar-refractivity contribution is 5.96. The molecule has 1 heterocycles. The number of ether oxygens (including phenoxy) is 2. The number of nitrogens with one attached hydrogen (secondary N) is 2. The van der Waals surface area contributed by atoms with Gasteiger partial charge in [0.2, 0.25) is 11.8 Å². The molecule has 4 fully saturated rings. The number of carbonyl (C=O) groups excluding carboxylic acids is 3. The summed E-state index contributed by atoms with van der Waals surface area (Å²) in [5.74, 6) is 0.968. The van der Waals surface area contributed by atoms with Gasteiger partial charge in [0.05, 0.1) is 17.7 Å². The molecular weight excluding hydrogens is 462 g/mol. The fourth-order valence-electron chi connectivity index (χ4n) is 6.43. The largest absolute Gasteiger partial charge is 0.474 e. The molecule has 2 unspecified atom stereocenters. The molecule has 4 aliphatic carbocycles. The van der Waals surface area contributed by atoms with E-state index in [2.05, 4.69) is 15.7 Å². The van der Waals surface area contributed by atoms with Gasteiger partial charge in [0.15, 0.2) is 0 Å². The van der Waals surface area contributed by atoms with Crippen LogP contribution >= 0.6 is 0 Å². The van der Waals surface area contributed by atoms with Gasteiger partial charge in [-0.2, -0.15) is 5.10 Å². The molecule has 36 heavy (non-hydrogen) atoms. The number of rotatable bonds is 9. The molecule has 198 valence electrons. The van der Waals surface area contributed by atoms with E-state index in [1.54, 1.807) is 12.3 Å². The second kappa shape index (κ2) is 9.78. The first-order valence-corrected chi connectivity index (χ1v) is 12.9. The fraction of sp³-hybridized carbons (Fsp3) is 0.692. The molecular formula is C26H39N5O5. The summed E-state index contributed by atoms with van der Waals surface area (Å²) in [6.07, 6.45) is 8.35. The van der Waals surface area contributed by atoms with E-state index in [0.717, 1.165) is 32.1 Å². The Morgan fingerprint density at radius 3 is 2.50 bits per heavy atom. The summed E-state index contributed by atoms with van der Waals surface area (Å²) in [4.78, 5) is 37.4. The number of nitrogens with two attached hydrogens (primary N) is 1. The van der Waals surface area contributed by atoms with Gasteiger partial charge in [-0.15, -0.1) is 0 Å². The molecule has 10 heteroatoms. The van der Waals surface area contributed by atoms with Crippen LogP contribution in [0.25, 0.3) is 6.20 Å². The average Bonchev–Trinajstić information content (AvgIpc) is 3.15. The topological polar surface area (TPSA) is 138 Å². The van der Waals surface area contributed by atoms with Crippen molar-refractivity contribution in [1.82, 2.24) is 20.4 Å². The summed E-state index contributed by atoms with van der Waals surface area (Å²) in [7, 11) is 0. The summed E-state index contributed by atoms with van der Waals surface area (Å²) in [5, 5.41) is 10.4. The lowest BCUT2D eigenvalue weighted by atomic mass is 9.52. The Morgan fingerprint density at radius 2 is 1.92 bits per heavy atom. The van der Waals surface area contributed by atoms with Crippen LogP contribution in [-0.4, -0.2) is 52.0 Å². The standard InChI is InChI=1S/C26H39N5O5/c1-6-28-23(33)25(4,5)7-8-31-22(35-15(2)3)19(14-29-31)21(32)30-20-17-9-16-10-18(20)13-26(11-16,12-17)36-24(27)34/h7-8,14-18,20H,6,9-13H2,1-5H3,(H2,27,34)(H,28,33)(H,30,32)/b8-7+. The minimum Gasteiger partial charge on any atom is -0.474 e. The van der Waals surface area contributed by atoms with Gasteiger partial charge in [-0.1, -0.05) is 6.08 Å². The molecule has 1 aromatic heterocycles. The van der Waals surface area contributed by atoms with E-state index in [1.807, 2.05) is 34.6 Å². The van der Waals surface area contributed by atoms with E-state index >= 15 is 0 Å². The quantitative estimate of drug-likeness (QED) is 0.475. The van der Waals surface area contributed by atoms with Gasteiger partial charge >= 0.3 is 6.09 Å². The smallest absolute Gasteiger partial charge is 0.405 e.